The SMILES string of the molecule is CCCC(CCC)S(=O)(=O)C[C@H](N)C(=O)NCc1cccc(CC)c1.Cl. The maximum Gasteiger partial charge on any atom is 0.238 e. The fourth-order valence-corrected chi connectivity index (χ4v) is 5.00. The van der Waals surface area contributed by atoms with Gasteiger partial charge < -0.3 is 11.1 Å². The first kappa shape index (κ1) is 24.9. The molecule has 1 aromatic carbocycles. The Hall–Kier alpha value is -1.11. The number of carbonyl (C=O) groups excluding carboxylic acids is 1. The van der Waals surface area contributed by atoms with Crippen molar-refractivity contribution in [2.75, 3.05) is 5.75 Å². The van der Waals surface area contributed by atoms with E-state index < -0.39 is 27.0 Å². The smallest absolute Gasteiger partial charge is 0.238 e. The van der Waals surface area contributed by atoms with Crippen molar-refractivity contribution in [3.63, 3.8) is 0 Å². The molecule has 0 aliphatic rings. The zero-order valence-corrected chi connectivity index (χ0v) is 17.7. The molecule has 0 aliphatic carbocycles. The normalized spacial score (nSPS) is 12.5. The van der Waals surface area contributed by atoms with Crippen LogP contribution in [0.2, 0.25) is 0 Å². The standard InChI is InChI=1S/C19H32N2O3S.ClH/c1-4-8-17(9-5-2)25(23,24)14-18(20)19(22)21-13-16-11-7-10-15(6-3)12-16;/h7,10-12,17-18H,4-6,8-9,13-14,20H2,1-3H3,(H,21,22);1H/t18-;/m0./s1. The highest BCUT2D eigenvalue weighted by molar-refractivity contribution is 7.92. The van der Waals surface area contributed by atoms with E-state index >= 15 is 0 Å². The highest BCUT2D eigenvalue weighted by atomic mass is 35.5. The second-order valence-corrected chi connectivity index (χ2v) is 8.85. The van der Waals surface area contributed by atoms with Crippen LogP contribution in [0.25, 0.3) is 0 Å². The van der Waals surface area contributed by atoms with E-state index in [4.69, 9.17) is 5.73 Å². The van der Waals surface area contributed by atoms with E-state index in [1.54, 1.807) is 0 Å². The third-order valence-corrected chi connectivity index (χ3v) is 6.66. The number of amides is 1. The summed E-state index contributed by atoms with van der Waals surface area (Å²) in [5.41, 5.74) is 8.04. The van der Waals surface area contributed by atoms with E-state index in [2.05, 4.69) is 12.2 Å². The van der Waals surface area contributed by atoms with Crippen LogP contribution in [0.3, 0.4) is 0 Å². The molecule has 7 heteroatoms. The molecule has 1 atom stereocenters. The predicted octanol–water partition coefficient (Wildman–Crippen LogP) is 3.00. The molecule has 0 bridgehead atoms. The van der Waals surface area contributed by atoms with Gasteiger partial charge in [-0.3, -0.25) is 4.79 Å². The van der Waals surface area contributed by atoms with Crippen LogP contribution in [0.1, 0.15) is 57.6 Å². The summed E-state index contributed by atoms with van der Waals surface area (Å²) in [7, 11) is -3.37. The van der Waals surface area contributed by atoms with Gasteiger partial charge >= 0.3 is 0 Å². The molecule has 0 aliphatic heterocycles. The molecule has 0 unspecified atom stereocenters. The minimum Gasteiger partial charge on any atom is -0.351 e. The number of halogens is 1. The van der Waals surface area contributed by atoms with Crippen LogP contribution in [-0.4, -0.2) is 31.4 Å². The minimum absolute atomic E-state index is 0. The van der Waals surface area contributed by atoms with Gasteiger partial charge in [-0.15, -0.1) is 12.4 Å². The number of sulfone groups is 1. The van der Waals surface area contributed by atoms with E-state index in [0.29, 0.717) is 19.4 Å². The molecular weight excluding hydrogens is 372 g/mol. The summed E-state index contributed by atoms with van der Waals surface area (Å²) >= 11 is 0. The molecule has 0 fully saturated rings. The van der Waals surface area contributed by atoms with Crippen LogP contribution in [0.5, 0.6) is 0 Å². The third kappa shape index (κ3) is 8.06. The van der Waals surface area contributed by atoms with Gasteiger partial charge in [-0.2, -0.15) is 0 Å². The Labute approximate surface area is 164 Å². The lowest BCUT2D eigenvalue weighted by Crippen LogP contribution is -2.46. The summed E-state index contributed by atoms with van der Waals surface area (Å²) in [6.07, 6.45) is 3.77. The number of rotatable bonds is 11. The number of hydrogen-bond donors (Lipinski definition) is 2. The van der Waals surface area contributed by atoms with Crippen molar-refractivity contribution in [2.45, 2.75) is 70.7 Å². The highest BCUT2D eigenvalue weighted by Crippen LogP contribution is 2.16. The molecule has 0 aromatic heterocycles. The zero-order valence-electron chi connectivity index (χ0n) is 16.0. The molecule has 1 aromatic rings. The monoisotopic (exact) mass is 404 g/mol. The fourth-order valence-electron chi connectivity index (χ4n) is 2.89. The van der Waals surface area contributed by atoms with E-state index in [1.165, 1.54) is 5.56 Å². The van der Waals surface area contributed by atoms with Crippen LogP contribution in [0, 0.1) is 0 Å². The highest BCUT2D eigenvalue weighted by Gasteiger charge is 2.28. The maximum atomic E-state index is 12.5. The Morgan fingerprint density at radius 2 is 1.69 bits per heavy atom. The summed E-state index contributed by atoms with van der Waals surface area (Å²) in [4.78, 5) is 12.2. The van der Waals surface area contributed by atoms with Crippen molar-refractivity contribution in [3.8, 4) is 0 Å². The van der Waals surface area contributed by atoms with Crippen molar-refractivity contribution in [1.29, 1.82) is 0 Å². The quantitative estimate of drug-likeness (QED) is 0.593. The van der Waals surface area contributed by atoms with E-state index in [-0.39, 0.29) is 18.2 Å². The molecule has 3 N–H and O–H groups in total. The lowest BCUT2D eigenvalue weighted by molar-refractivity contribution is -0.122. The van der Waals surface area contributed by atoms with Gasteiger partial charge in [-0.1, -0.05) is 57.9 Å². The molecule has 0 radical (unpaired) electrons. The number of aryl methyl sites for hydroxylation is 1. The molecule has 150 valence electrons. The second kappa shape index (κ2) is 12.3. The van der Waals surface area contributed by atoms with E-state index in [0.717, 1.165) is 24.8 Å². The number of hydrogen-bond acceptors (Lipinski definition) is 4. The number of benzene rings is 1. The van der Waals surface area contributed by atoms with Crippen molar-refractivity contribution in [2.24, 2.45) is 5.73 Å². The molecule has 26 heavy (non-hydrogen) atoms. The Balaban J connectivity index is 0.00000625. The van der Waals surface area contributed by atoms with Gasteiger partial charge in [0.05, 0.1) is 17.0 Å². The summed E-state index contributed by atoms with van der Waals surface area (Å²) in [5, 5.41) is 2.35. The van der Waals surface area contributed by atoms with Gasteiger partial charge in [0.15, 0.2) is 9.84 Å². The Kier molecular flexibility index (Phi) is 11.8. The molecule has 1 rings (SSSR count). The summed E-state index contributed by atoms with van der Waals surface area (Å²) < 4.78 is 25.0. The number of nitrogens with one attached hydrogen (secondary N) is 1. The first-order valence-corrected chi connectivity index (χ1v) is 10.9. The van der Waals surface area contributed by atoms with Crippen LogP contribution in [0.15, 0.2) is 24.3 Å². The average Bonchev–Trinajstić information content (AvgIpc) is 2.59. The fraction of sp³-hybridized carbons (Fsp3) is 0.632. The first-order chi connectivity index (χ1) is 11.8. The zero-order chi connectivity index (χ0) is 18.9. The van der Waals surface area contributed by atoms with Crippen molar-refractivity contribution in [3.05, 3.63) is 35.4 Å². The lowest BCUT2D eigenvalue weighted by Gasteiger charge is -2.19. The average molecular weight is 405 g/mol. The van der Waals surface area contributed by atoms with Gasteiger partial charge in [0.2, 0.25) is 5.91 Å². The van der Waals surface area contributed by atoms with E-state index in [1.807, 2.05) is 38.1 Å². The van der Waals surface area contributed by atoms with Crippen molar-refractivity contribution >= 4 is 28.2 Å². The Bertz CT molecular complexity index is 644. The molecular formula is C19H33ClN2O3S. The van der Waals surface area contributed by atoms with E-state index in [9.17, 15) is 13.2 Å². The number of nitrogens with two attached hydrogens (primary N) is 1. The lowest BCUT2D eigenvalue weighted by atomic mass is 10.1. The number of carbonyl (C=O) groups is 1. The first-order valence-electron chi connectivity index (χ1n) is 9.16. The second-order valence-electron chi connectivity index (χ2n) is 6.53. The topological polar surface area (TPSA) is 89.3 Å². The van der Waals surface area contributed by atoms with Gasteiger partial charge in [0.1, 0.15) is 0 Å². The van der Waals surface area contributed by atoms with Gasteiger partial charge in [-0.05, 0) is 30.4 Å². The molecule has 0 heterocycles. The molecule has 0 saturated heterocycles. The largest absolute Gasteiger partial charge is 0.351 e. The van der Waals surface area contributed by atoms with Crippen LogP contribution in [-0.2, 0) is 27.6 Å². The summed E-state index contributed by atoms with van der Waals surface area (Å²) in [5.74, 6) is -0.712. The van der Waals surface area contributed by atoms with Gasteiger partial charge in [0.25, 0.3) is 0 Å². The summed E-state index contributed by atoms with van der Waals surface area (Å²) in [6, 6.07) is 6.91. The van der Waals surface area contributed by atoms with Crippen LogP contribution in [0.4, 0.5) is 0 Å². The third-order valence-electron chi connectivity index (χ3n) is 4.34. The van der Waals surface area contributed by atoms with Gasteiger partial charge in [0, 0.05) is 6.54 Å². The Morgan fingerprint density at radius 1 is 1.12 bits per heavy atom. The Morgan fingerprint density at radius 3 is 2.23 bits per heavy atom. The summed E-state index contributed by atoms with van der Waals surface area (Å²) in [6.45, 7) is 6.36. The molecule has 1 amide bonds. The maximum absolute atomic E-state index is 12.5. The van der Waals surface area contributed by atoms with Crippen molar-refractivity contribution in [1.82, 2.24) is 5.32 Å². The molecule has 5 nitrogen and oxygen atoms in total. The van der Waals surface area contributed by atoms with Crippen molar-refractivity contribution < 1.29 is 13.2 Å². The predicted molar refractivity (Wildman–Crippen MR) is 110 cm³/mol. The van der Waals surface area contributed by atoms with Crippen LogP contribution < -0.4 is 11.1 Å². The van der Waals surface area contributed by atoms with Crippen LogP contribution >= 0.6 is 12.4 Å². The molecule has 0 spiro atoms. The molecule has 0 saturated carbocycles. The van der Waals surface area contributed by atoms with Gasteiger partial charge in [-0.25, -0.2) is 8.42 Å². The minimum atomic E-state index is -3.37.